The molecule has 20 heavy (non-hydrogen) atoms. The summed E-state index contributed by atoms with van der Waals surface area (Å²) in [6.07, 6.45) is 5.19. The molecule has 3 heteroatoms. The summed E-state index contributed by atoms with van der Waals surface area (Å²) in [5.74, 6) is 0. The van der Waals surface area contributed by atoms with E-state index in [9.17, 15) is 0 Å². The normalized spacial score (nSPS) is 19.6. The van der Waals surface area contributed by atoms with E-state index < -0.39 is 0 Å². The van der Waals surface area contributed by atoms with E-state index in [1.807, 2.05) is 0 Å². The van der Waals surface area contributed by atoms with Crippen molar-refractivity contribution < 1.29 is 0 Å². The van der Waals surface area contributed by atoms with Gasteiger partial charge in [-0.3, -0.25) is 4.90 Å². The number of nitrogens with zero attached hydrogens (tertiary/aromatic N) is 1. The summed E-state index contributed by atoms with van der Waals surface area (Å²) in [7, 11) is 0. The SMILES string of the molecule is CCCNCc1ccc(CN2CCCC2CC)c(Br)c1. The van der Waals surface area contributed by atoms with Crippen molar-refractivity contribution in [3.05, 3.63) is 33.8 Å². The first-order valence-electron chi connectivity index (χ1n) is 7.96. The van der Waals surface area contributed by atoms with E-state index in [4.69, 9.17) is 0 Å². The second-order valence-corrected chi connectivity index (χ2v) is 6.63. The number of likely N-dealkylation sites (tertiary alicyclic amines) is 1. The first kappa shape index (κ1) is 16.0. The quantitative estimate of drug-likeness (QED) is 0.744. The number of hydrogen-bond donors (Lipinski definition) is 1. The molecule has 1 aromatic carbocycles. The molecular formula is C17H27BrN2. The highest BCUT2D eigenvalue weighted by Crippen LogP contribution is 2.26. The molecule has 1 saturated heterocycles. The molecule has 1 aromatic rings. The maximum atomic E-state index is 3.75. The fraction of sp³-hybridized carbons (Fsp3) is 0.647. The average molecular weight is 339 g/mol. The third-order valence-corrected chi connectivity index (χ3v) is 4.96. The highest BCUT2D eigenvalue weighted by atomic mass is 79.9. The van der Waals surface area contributed by atoms with Crippen LogP contribution in [0.2, 0.25) is 0 Å². The predicted octanol–water partition coefficient (Wildman–Crippen LogP) is 4.32. The summed E-state index contributed by atoms with van der Waals surface area (Å²) in [6, 6.07) is 7.61. The Balaban J connectivity index is 1.95. The van der Waals surface area contributed by atoms with Crippen LogP contribution in [0.15, 0.2) is 22.7 Å². The number of halogens is 1. The number of hydrogen-bond acceptors (Lipinski definition) is 2. The molecular weight excluding hydrogens is 312 g/mol. The minimum absolute atomic E-state index is 0.785. The van der Waals surface area contributed by atoms with Crippen LogP contribution < -0.4 is 5.32 Å². The van der Waals surface area contributed by atoms with Crippen LogP contribution in [0.4, 0.5) is 0 Å². The van der Waals surface area contributed by atoms with E-state index in [2.05, 4.69) is 58.2 Å². The van der Waals surface area contributed by atoms with E-state index in [1.54, 1.807) is 0 Å². The summed E-state index contributed by atoms with van der Waals surface area (Å²) < 4.78 is 1.26. The van der Waals surface area contributed by atoms with Gasteiger partial charge in [0.2, 0.25) is 0 Å². The van der Waals surface area contributed by atoms with Gasteiger partial charge in [-0.25, -0.2) is 0 Å². The lowest BCUT2D eigenvalue weighted by atomic mass is 10.1. The highest BCUT2D eigenvalue weighted by molar-refractivity contribution is 9.10. The van der Waals surface area contributed by atoms with Gasteiger partial charge in [-0.2, -0.15) is 0 Å². The Morgan fingerprint density at radius 2 is 2.20 bits per heavy atom. The molecule has 1 aliphatic rings. The molecule has 1 unspecified atom stereocenters. The monoisotopic (exact) mass is 338 g/mol. The van der Waals surface area contributed by atoms with Gasteiger partial charge < -0.3 is 5.32 Å². The van der Waals surface area contributed by atoms with E-state index in [-0.39, 0.29) is 0 Å². The minimum Gasteiger partial charge on any atom is -0.313 e. The molecule has 1 fully saturated rings. The standard InChI is InChI=1S/C17H27BrN2/c1-3-9-19-12-14-7-8-15(17(18)11-14)13-20-10-5-6-16(20)4-2/h7-8,11,16,19H,3-6,9-10,12-13H2,1-2H3. The van der Waals surface area contributed by atoms with Gasteiger partial charge in [-0.05, 0) is 56.0 Å². The van der Waals surface area contributed by atoms with Crippen LogP contribution in [0.1, 0.15) is 50.7 Å². The van der Waals surface area contributed by atoms with Crippen molar-refractivity contribution in [2.75, 3.05) is 13.1 Å². The largest absolute Gasteiger partial charge is 0.313 e. The van der Waals surface area contributed by atoms with Gasteiger partial charge >= 0.3 is 0 Å². The zero-order valence-corrected chi connectivity index (χ0v) is 14.4. The van der Waals surface area contributed by atoms with Crippen LogP contribution in [0.3, 0.4) is 0 Å². The van der Waals surface area contributed by atoms with Gasteiger partial charge in [-0.15, -0.1) is 0 Å². The number of nitrogens with one attached hydrogen (secondary N) is 1. The lowest BCUT2D eigenvalue weighted by Crippen LogP contribution is -2.28. The van der Waals surface area contributed by atoms with Crippen molar-refractivity contribution in [2.24, 2.45) is 0 Å². The summed E-state index contributed by atoms with van der Waals surface area (Å²) in [5, 5.41) is 3.46. The van der Waals surface area contributed by atoms with Gasteiger partial charge in [0, 0.05) is 23.6 Å². The fourth-order valence-corrected chi connectivity index (χ4v) is 3.57. The molecule has 1 N–H and O–H groups in total. The van der Waals surface area contributed by atoms with Crippen LogP contribution in [0.25, 0.3) is 0 Å². The Hall–Kier alpha value is -0.380. The summed E-state index contributed by atoms with van der Waals surface area (Å²) in [5.41, 5.74) is 2.78. The van der Waals surface area contributed by atoms with Gasteiger partial charge in [0.05, 0.1) is 0 Å². The first-order chi connectivity index (χ1) is 9.74. The zero-order chi connectivity index (χ0) is 14.4. The molecule has 1 atom stereocenters. The van der Waals surface area contributed by atoms with Crippen molar-refractivity contribution >= 4 is 15.9 Å². The molecule has 2 nitrogen and oxygen atoms in total. The lowest BCUT2D eigenvalue weighted by molar-refractivity contribution is 0.239. The average Bonchev–Trinajstić information content (AvgIpc) is 2.89. The second-order valence-electron chi connectivity index (χ2n) is 5.78. The van der Waals surface area contributed by atoms with E-state index in [0.29, 0.717) is 0 Å². The van der Waals surface area contributed by atoms with Crippen molar-refractivity contribution in [2.45, 2.75) is 58.7 Å². The summed E-state index contributed by atoms with van der Waals surface area (Å²) >= 11 is 3.75. The Morgan fingerprint density at radius 1 is 1.35 bits per heavy atom. The van der Waals surface area contributed by atoms with Gasteiger partial charge in [0.15, 0.2) is 0 Å². The van der Waals surface area contributed by atoms with Crippen molar-refractivity contribution in [1.29, 1.82) is 0 Å². The molecule has 1 heterocycles. The summed E-state index contributed by atoms with van der Waals surface area (Å²) in [4.78, 5) is 2.63. The molecule has 1 aliphatic heterocycles. The molecule has 112 valence electrons. The summed E-state index contributed by atoms with van der Waals surface area (Å²) in [6.45, 7) is 8.90. The Bertz CT molecular complexity index is 419. The Kier molecular flexibility index (Phi) is 6.53. The Labute approximate surface area is 132 Å². The maximum Gasteiger partial charge on any atom is 0.0247 e. The fourth-order valence-electron chi connectivity index (χ4n) is 3.02. The molecule has 2 rings (SSSR count). The van der Waals surface area contributed by atoms with E-state index >= 15 is 0 Å². The molecule has 0 saturated carbocycles. The van der Waals surface area contributed by atoms with Gasteiger partial charge in [-0.1, -0.05) is 41.9 Å². The van der Waals surface area contributed by atoms with Gasteiger partial charge in [0.1, 0.15) is 0 Å². The third kappa shape index (κ3) is 4.31. The predicted molar refractivity (Wildman–Crippen MR) is 89.9 cm³/mol. The van der Waals surface area contributed by atoms with Crippen molar-refractivity contribution in [3.63, 3.8) is 0 Å². The highest BCUT2D eigenvalue weighted by Gasteiger charge is 2.23. The van der Waals surface area contributed by atoms with E-state index in [1.165, 1.54) is 47.8 Å². The molecule has 0 spiro atoms. The third-order valence-electron chi connectivity index (χ3n) is 4.22. The zero-order valence-electron chi connectivity index (χ0n) is 12.8. The number of rotatable bonds is 7. The van der Waals surface area contributed by atoms with Crippen LogP contribution in [-0.4, -0.2) is 24.0 Å². The van der Waals surface area contributed by atoms with E-state index in [0.717, 1.165) is 25.7 Å². The maximum absolute atomic E-state index is 3.75. The van der Waals surface area contributed by atoms with Gasteiger partial charge in [0.25, 0.3) is 0 Å². The van der Waals surface area contributed by atoms with Crippen molar-refractivity contribution in [3.8, 4) is 0 Å². The molecule has 0 aliphatic carbocycles. The Morgan fingerprint density at radius 3 is 2.90 bits per heavy atom. The van der Waals surface area contributed by atoms with Crippen LogP contribution in [0, 0.1) is 0 Å². The smallest absolute Gasteiger partial charge is 0.0247 e. The minimum atomic E-state index is 0.785. The molecule has 0 bridgehead atoms. The second kappa shape index (κ2) is 8.16. The van der Waals surface area contributed by atoms with Crippen LogP contribution >= 0.6 is 15.9 Å². The topological polar surface area (TPSA) is 15.3 Å². The van der Waals surface area contributed by atoms with Crippen LogP contribution in [0.5, 0.6) is 0 Å². The van der Waals surface area contributed by atoms with Crippen LogP contribution in [-0.2, 0) is 13.1 Å². The number of benzene rings is 1. The lowest BCUT2D eigenvalue weighted by Gasteiger charge is -2.24. The first-order valence-corrected chi connectivity index (χ1v) is 8.76. The molecule has 0 amide bonds. The molecule has 0 aromatic heterocycles. The van der Waals surface area contributed by atoms with Crippen molar-refractivity contribution in [1.82, 2.24) is 10.2 Å². The molecule has 0 radical (unpaired) electrons.